The molecular formula is C89H152O17P2. The molecule has 0 heterocycles. The van der Waals surface area contributed by atoms with Crippen LogP contribution in [0.3, 0.4) is 0 Å². The number of hydrogen-bond donors (Lipinski definition) is 3. The van der Waals surface area contributed by atoms with Gasteiger partial charge in [-0.15, -0.1) is 0 Å². The maximum atomic E-state index is 13.1. The monoisotopic (exact) mass is 1560 g/mol. The normalized spacial score (nSPS) is 14.5. The molecule has 0 aromatic rings. The average molecular weight is 1560 g/mol. The highest BCUT2D eigenvalue weighted by Gasteiger charge is 2.30. The minimum absolute atomic E-state index is 0.0112. The molecule has 0 aromatic heterocycles. The second-order valence-electron chi connectivity index (χ2n) is 28.0. The van der Waals surface area contributed by atoms with Crippen LogP contribution in [0.4, 0.5) is 0 Å². The number of phosphoric ester groups is 2. The molecule has 0 saturated heterocycles. The standard InChI is InChI=1S/C89H152O17P2/c1-5-9-13-17-21-25-29-33-37-40-41-44-47-50-54-58-62-66-70-74-87(92)100-80-85(106-89(94)76-72-68-64-60-56-52-48-43-39-35-31-27-23-19-15-11-7-3)82-104-108(97,98)102-78-83(90)77-101-107(95,96)103-81-84(105-88(93)75-71-67-63-59-55-51-45-36-32-28-24-20-16-12-8-4)79-99-86(91)73-69-65-61-57-53-49-46-42-38-34-30-26-22-18-14-10-6-2/h10-11,14-15,21-23,25-27,33-35,37-39,41,44,48,52,60,64,83-85,90H,5-9,12-13,16-20,24,28-32,36,40,42-43,45-47,49-51,53-59,61-63,65-82H2,1-4H3,(H,95,96)(H,97,98)/b14-10-,15-11-,25-21-,26-22-,27-23-,37-33-,38-34-,39-35-,44-41-,52-48-,64-60-. The first kappa shape index (κ1) is 103. The van der Waals surface area contributed by atoms with E-state index >= 15 is 0 Å². The van der Waals surface area contributed by atoms with Crippen LogP contribution >= 0.6 is 15.6 Å². The average Bonchev–Trinajstić information content (AvgIpc) is 0.900. The Balaban J connectivity index is 5.43. The second-order valence-corrected chi connectivity index (χ2v) is 30.9. The van der Waals surface area contributed by atoms with E-state index < -0.39 is 97.5 Å². The Morgan fingerprint density at radius 2 is 0.491 bits per heavy atom. The summed E-state index contributed by atoms with van der Waals surface area (Å²) in [4.78, 5) is 73.2. The fourth-order valence-corrected chi connectivity index (χ4v) is 12.8. The van der Waals surface area contributed by atoms with Crippen molar-refractivity contribution in [2.24, 2.45) is 0 Å². The van der Waals surface area contributed by atoms with Crippen LogP contribution in [0.25, 0.3) is 0 Å². The summed E-state index contributed by atoms with van der Waals surface area (Å²) >= 11 is 0. The molecule has 0 aliphatic carbocycles. The molecule has 0 aliphatic heterocycles. The van der Waals surface area contributed by atoms with E-state index in [0.717, 1.165) is 180 Å². The highest BCUT2D eigenvalue weighted by atomic mass is 31.2. The van der Waals surface area contributed by atoms with Crippen LogP contribution in [0.1, 0.15) is 349 Å². The lowest BCUT2D eigenvalue weighted by Crippen LogP contribution is -2.30. The number of unbranched alkanes of at least 4 members (excludes halogenated alkanes) is 31. The van der Waals surface area contributed by atoms with Crippen molar-refractivity contribution in [1.29, 1.82) is 0 Å². The Bertz CT molecular complexity index is 2560. The zero-order valence-corrected chi connectivity index (χ0v) is 69.8. The van der Waals surface area contributed by atoms with Gasteiger partial charge in [-0.25, -0.2) is 9.13 Å². The van der Waals surface area contributed by atoms with Gasteiger partial charge in [-0.05, 0) is 135 Å². The van der Waals surface area contributed by atoms with E-state index in [1.54, 1.807) is 0 Å². The summed E-state index contributed by atoms with van der Waals surface area (Å²) in [5.74, 6) is -2.25. The predicted octanol–water partition coefficient (Wildman–Crippen LogP) is 25.2. The lowest BCUT2D eigenvalue weighted by atomic mass is 10.0. The van der Waals surface area contributed by atoms with Crippen LogP contribution < -0.4 is 0 Å². The van der Waals surface area contributed by atoms with Gasteiger partial charge >= 0.3 is 39.5 Å². The quantitative estimate of drug-likeness (QED) is 0.0169. The third-order valence-electron chi connectivity index (χ3n) is 17.6. The number of allylic oxidation sites excluding steroid dienone is 22. The summed E-state index contributed by atoms with van der Waals surface area (Å²) in [5.41, 5.74) is 0. The summed E-state index contributed by atoms with van der Waals surface area (Å²) < 4.78 is 68.7. The van der Waals surface area contributed by atoms with Crippen LogP contribution in [0.2, 0.25) is 0 Å². The first-order valence-electron chi connectivity index (χ1n) is 42.4. The van der Waals surface area contributed by atoms with Crippen LogP contribution in [-0.2, 0) is 65.4 Å². The van der Waals surface area contributed by atoms with Gasteiger partial charge in [-0.3, -0.25) is 37.3 Å². The third kappa shape index (κ3) is 79.3. The molecule has 0 spiro atoms. The zero-order chi connectivity index (χ0) is 78.9. The van der Waals surface area contributed by atoms with Crippen LogP contribution in [-0.4, -0.2) is 96.7 Å². The number of hydrogen-bond acceptors (Lipinski definition) is 15. The molecule has 0 rings (SSSR count). The van der Waals surface area contributed by atoms with Crippen molar-refractivity contribution in [3.63, 3.8) is 0 Å². The van der Waals surface area contributed by atoms with Gasteiger partial charge in [-0.2, -0.15) is 0 Å². The number of phosphoric acid groups is 2. The van der Waals surface area contributed by atoms with Crippen molar-refractivity contribution in [2.45, 2.75) is 367 Å². The van der Waals surface area contributed by atoms with E-state index in [1.807, 2.05) is 12.2 Å². The van der Waals surface area contributed by atoms with Gasteiger partial charge < -0.3 is 33.8 Å². The van der Waals surface area contributed by atoms with E-state index in [4.69, 9.17) is 37.0 Å². The molecule has 0 radical (unpaired) electrons. The molecule has 3 N–H and O–H groups in total. The number of carbonyl (C=O) groups is 4. The van der Waals surface area contributed by atoms with Crippen molar-refractivity contribution >= 4 is 39.5 Å². The van der Waals surface area contributed by atoms with Gasteiger partial charge in [0.05, 0.1) is 26.4 Å². The molecule has 0 aromatic carbocycles. The molecule has 0 bridgehead atoms. The van der Waals surface area contributed by atoms with Gasteiger partial charge in [-0.1, -0.05) is 322 Å². The Morgan fingerprint density at radius 1 is 0.269 bits per heavy atom. The topological polar surface area (TPSA) is 237 Å². The molecular weight excluding hydrogens is 1400 g/mol. The highest BCUT2D eigenvalue weighted by Crippen LogP contribution is 2.45. The number of aliphatic hydroxyl groups excluding tert-OH is 1. The maximum absolute atomic E-state index is 13.1. The summed E-state index contributed by atoms with van der Waals surface area (Å²) in [5, 5.41) is 10.7. The molecule has 0 aliphatic rings. The highest BCUT2D eigenvalue weighted by molar-refractivity contribution is 7.47. The lowest BCUT2D eigenvalue weighted by Gasteiger charge is -2.21. The number of ether oxygens (including phenoxy) is 4. The molecule has 0 amide bonds. The van der Waals surface area contributed by atoms with E-state index in [9.17, 15) is 43.2 Å². The molecule has 19 heteroatoms. The zero-order valence-electron chi connectivity index (χ0n) is 68.0. The van der Waals surface area contributed by atoms with Gasteiger partial charge in [0, 0.05) is 25.7 Å². The summed E-state index contributed by atoms with van der Waals surface area (Å²) in [6, 6.07) is 0. The van der Waals surface area contributed by atoms with E-state index in [1.165, 1.54) is 83.5 Å². The van der Waals surface area contributed by atoms with Crippen molar-refractivity contribution in [1.82, 2.24) is 0 Å². The van der Waals surface area contributed by atoms with Gasteiger partial charge in [0.2, 0.25) is 0 Å². The van der Waals surface area contributed by atoms with Gasteiger partial charge in [0.1, 0.15) is 19.3 Å². The molecule has 0 saturated carbocycles. The summed E-state index contributed by atoms with van der Waals surface area (Å²) in [7, 11) is -9.99. The number of carbonyl (C=O) groups excluding carboxylic acids is 4. The first-order chi connectivity index (χ1) is 52.7. The minimum Gasteiger partial charge on any atom is -0.462 e. The maximum Gasteiger partial charge on any atom is 0.472 e. The van der Waals surface area contributed by atoms with E-state index in [2.05, 4.69) is 149 Å². The van der Waals surface area contributed by atoms with Crippen molar-refractivity contribution in [3.05, 3.63) is 134 Å². The van der Waals surface area contributed by atoms with Crippen molar-refractivity contribution < 1.29 is 80.2 Å². The smallest absolute Gasteiger partial charge is 0.462 e. The number of aliphatic hydroxyl groups is 1. The van der Waals surface area contributed by atoms with Crippen LogP contribution in [0.15, 0.2) is 134 Å². The molecule has 620 valence electrons. The Labute approximate surface area is 656 Å². The van der Waals surface area contributed by atoms with Gasteiger partial charge in [0.15, 0.2) is 12.2 Å². The number of rotatable bonds is 79. The largest absolute Gasteiger partial charge is 0.472 e. The number of esters is 4. The fraction of sp³-hybridized carbons (Fsp3) is 0.708. The Morgan fingerprint density at radius 3 is 0.796 bits per heavy atom. The lowest BCUT2D eigenvalue weighted by molar-refractivity contribution is -0.161. The third-order valence-corrected chi connectivity index (χ3v) is 19.5. The second kappa shape index (κ2) is 80.3. The predicted molar refractivity (Wildman–Crippen MR) is 445 cm³/mol. The van der Waals surface area contributed by atoms with Crippen LogP contribution in [0, 0.1) is 0 Å². The van der Waals surface area contributed by atoms with Crippen molar-refractivity contribution in [3.8, 4) is 0 Å². The summed E-state index contributed by atoms with van der Waals surface area (Å²) in [6.45, 7) is 4.58. The minimum atomic E-state index is -5.00. The molecule has 5 unspecified atom stereocenters. The molecule has 108 heavy (non-hydrogen) atoms. The molecule has 17 nitrogen and oxygen atoms in total. The Hall–Kier alpha value is -4.80. The Kier molecular flexibility index (Phi) is 76.7. The first-order valence-corrected chi connectivity index (χ1v) is 45.4. The van der Waals surface area contributed by atoms with Crippen LogP contribution in [0.5, 0.6) is 0 Å². The molecule has 0 fully saturated rings. The van der Waals surface area contributed by atoms with E-state index in [0.29, 0.717) is 32.1 Å². The molecule has 5 atom stereocenters. The van der Waals surface area contributed by atoms with Gasteiger partial charge in [0.25, 0.3) is 0 Å². The summed E-state index contributed by atoms with van der Waals surface area (Å²) in [6.07, 6.45) is 91.3. The fourth-order valence-electron chi connectivity index (χ4n) is 11.2. The van der Waals surface area contributed by atoms with E-state index in [-0.39, 0.29) is 25.7 Å². The SMILES string of the molecule is CC/C=C\C/C=C\C/C=C\C/C=C\C/C=C\CCCC(=O)OC(COC(=O)CCCCCCCC/C=C\C/C=C\C/C=C\CCCCC)COP(=O)(O)OCC(O)COP(=O)(O)OCC(COC(=O)CCCCCCCCC/C=C\C/C=C\C/C=C\CC)OC(=O)CCCCCCCCCCCCCCCCC. The van der Waals surface area contributed by atoms with Crippen molar-refractivity contribution in [2.75, 3.05) is 39.6 Å².